The van der Waals surface area contributed by atoms with Crippen LogP contribution < -0.4 is 14.9 Å². The largest absolute Gasteiger partial charge is 0.498 e. The van der Waals surface area contributed by atoms with Crippen molar-refractivity contribution in [1.29, 1.82) is 0 Å². The van der Waals surface area contributed by atoms with Gasteiger partial charge in [0.1, 0.15) is 4.88 Å². The molecular formula is C25H27BN2O10S. The Hall–Kier alpha value is -4.01. The van der Waals surface area contributed by atoms with E-state index in [0.29, 0.717) is 21.5 Å². The first-order chi connectivity index (χ1) is 18.4. The van der Waals surface area contributed by atoms with E-state index in [2.05, 4.69) is 0 Å². The van der Waals surface area contributed by atoms with Crippen LogP contribution in [0.5, 0.6) is 11.5 Å². The van der Waals surface area contributed by atoms with E-state index in [4.69, 9.17) is 23.9 Å². The quantitative estimate of drug-likeness (QED) is 0.243. The maximum Gasteiger partial charge on any atom is 0.498 e. The lowest BCUT2D eigenvalue weighted by atomic mass is 9.77. The number of rotatable bonds is 7. The SMILES string of the molecule is COc1c(-c2ccc(C(=O)O)s2)cc(C)cc1[N+](=O)[O-].COc1c(B2OC(C)C(C)O2)cc(C)cc1[N+](=O)[O-]. The summed E-state index contributed by atoms with van der Waals surface area (Å²) in [6.07, 6.45) is -0.122. The highest BCUT2D eigenvalue weighted by Crippen LogP contribution is 2.41. The number of carboxylic acids is 1. The Kier molecular flexibility index (Phi) is 9.27. The van der Waals surface area contributed by atoms with Crippen molar-refractivity contribution in [3.8, 4) is 21.9 Å². The van der Waals surface area contributed by atoms with Crippen molar-refractivity contribution in [1.82, 2.24) is 0 Å². The summed E-state index contributed by atoms with van der Waals surface area (Å²) in [6.45, 7) is 7.34. The highest BCUT2D eigenvalue weighted by Gasteiger charge is 2.40. The van der Waals surface area contributed by atoms with Crippen molar-refractivity contribution < 1.29 is 38.5 Å². The number of hydrogen-bond donors (Lipinski definition) is 1. The van der Waals surface area contributed by atoms with Crippen molar-refractivity contribution in [2.75, 3.05) is 14.2 Å². The minimum absolute atomic E-state index is 0.0609. The zero-order chi connectivity index (χ0) is 29.0. The maximum absolute atomic E-state index is 11.1. The van der Waals surface area contributed by atoms with Crippen LogP contribution in [0.2, 0.25) is 0 Å². The molecule has 2 atom stereocenters. The Morgan fingerprint density at radius 2 is 1.44 bits per heavy atom. The summed E-state index contributed by atoms with van der Waals surface area (Å²) in [5.74, 6) is -0.691. The monoisotopic (exact) mass is 558 g/mol. The molecule has 39 heavy (non-hydrogen) atoms. The molecule has 0 saturated carbocycles. The van der Waals surface area contributed by atoms with Crippen molar-refractivity contribution >= 4 is 41.3 Å². The lowest BCUT2D eigenvalue weighted by molar-refractivity contribution is -0.385. The number of hydrogen-bond acceptors (Lipinski definition) is 10. The Balaban J connectivity index is 0.000000216. The number of nitro benzene ring substituents is 2. The zero-order valence-electron chi connectivity index (χ0n) is 22.1. The highest BCUT2D eigenvalue weighted by molar-refractivity contribution is 7.17. The van der Waals surface area contributed by atoms with Gasteiger partial charge in [0.25, 0.3) is 0 Å². The van der Waals surface area contributed by atoms with Crippen LogP contribution >= 0.6 is 11.3 Å². The van der Waals surface area contributed by atoms with Crippen LogP contribution in [0.15, 0.2) is 36.4 Å². The van der Waals surface area contributed by atoms with E-state index in [1.54, 1.807) is 32.0 Å². The first-order valence-electron chi connectivity index (χ1n) is 11.7. The molecule has 2 heterocycles. The first-order valence-corrected chi connectivity index (χ1v) is 12.5. The second-order valence-corrected chi connectivity index (χ2v) is 9.85. The van der Waals surface area contributed by atoms with Gasteiger partial charge in [-0.3, -0.25) is 20.2 Å². The minimum Gasteiger partial charge on any atom is -0.490 e. The lowest BCUT2D eigenvalue weighted by Gasteiger charge is -2.12. The van der Waals surface area contributed by atoms with Crippen molar-refractivity contribution in [2.45, 2.75) is 39.9 Å². The molecule has 1 aliphatic rings. The van der Waals surface area contributed by atoms with Crippen LogP contribution in [0.3, 0.4) is 0 Å². The zero-order valence-corrected chi connectivity index (χ0v) is 22.9. The third-order valence-electron chi connectivity index (χ3n) is 5.93. The highest BCUT2D eigenvalue weighted by atomic mass is 32.1. The van der Waals surface area contributed by atoms with Gasteiger partial charge in [-0.1, -0.05) is 6.07 Å². The molecule has 0 aliphatic carbocycles. The first kappa shape index (κ1) is 29.5. The van der Waals surface area contributed by atoms with Gasteiger partial charge in [-0.2, -0.15) is 0 Å². The second-order valence-electron chi connectivity index (χ2n) is 8.77. The molecule has 0 bridgehead atoms. The summed E-state index contributed by atoms with van der Waals surface area (Å²) >= 11 is 1.05. The summed E-state index contributed by atoms with van der Waals surface area (Å²) in [5, 5.41) is 31.1. The van der Waals surface area contributed by atoms with Gasteiger partial charge in [0.05, 0.1) is 36.3 Å². The molecule has 3 aromatic rings. The van der Waals surface area contributed by atoms with Crippen LogP contribution in [0.1, 0.15) is 34.6 Å². The van der Waals surface area contributed by atoms with Crippen LogP contribution in [-0.4, -0.2) is 54.5 Å². The number of nitro groups is 2. The molecule has 0 spiro atoms. The van der Waals surface area contributed by atoms with Crippen molar-refractivity contribution in [3.63, 3.8) is 0 Å². The van der Waals surface area contributed by atoms with E-state index in [0.717, 1.165) is 16.9 Å². The molecule has 1 aliphatic heterocycles. The number of aryl methyl sites for hydroxylation is 2. The molecular weight excluding hydrogens is 531 g/mol. The molecule has 1 aromatic heterocycles. The molecule has 0 radical (unpaired) electrons. The second kappa shape index (κ2) is 12.2. The van der Waals surface area contributed by atoms with Crippen molar-refractivity contribution in [3.05, 3.63) is 72.6 Å². The number of carboxylic acid groups (broad SMARTS) is 1. The molecule has 4 rings (SSSR count). The molecule has 2 aromatic carbocycles. The number of thiophene rings is 1. The number of nitrogens with zero attached hydrogens (tertiary/aromatic N) is 2. The summed E-state index contributed by atoms with van der Waals surface area (Å²) in [4.78, 5) is 32.9. The Bertz CT molecular complexity index is 1400. The number of benzene rings is 2. The predicted octanol–water partition coefficient (Wildman–Crippen LogP) is 4.77. The van der Waals surface area contributed by atoms with Gasteiger partial charge in [-0.25, -0.2) is 4.79 Å². The minimum atomic E-state index is -1.03. The molecule has 2 unspecified atom stereocenters. The van der Waals surface area contributed by atoms with E-state index in [9.17, 15) is 25.0 Å². The summed E-state index contributed by atoms with van der Waals surface area (Å²) in [6, 6.07) is 9.52. The van der Waals surface area contributed by atoms with Gasteiger partial charge in [0, 0.05) is 28.0 Å². The number of carbonyl (C=O) groups is 1. The Morgan fingerprint density at radius 3 is 1.90 bits per heavy atom. The fraction of sp³-hybridized carbons (Fsp3) is 0.320. The Morgan fingerprint density at radius 1 is 0.923 bits per heavy atom. The van der Waals surface area contributed by atoms with Crippen molar-refractivity contribution in [2.24, 2.45) is 0 Å². The van der Waals surface area contributed by atoms with Crippen LogP contribution in [0, 0.1) is 34.1 Å². The molecule has 1 saturated heterocycles. The number of ether oxygens (including phenoxy) is 2. The summed E-state index contributed by atoms with van der Waals surface area (Å²) in [7, 11) is 2.13. The van der Waals surface area contributed by atoms with E-state index >= 15 is 0 Å². The number of methoxy groups -OCH3 is 2. The Labute approximate surface area is 228 Å². The van der Waals surface area contributed by atoms with Gasteiger partial charge in [-0.05, 0) is 57.0 Å². The van der Waals surface area contributed by atoms with Crippen LogP contribution in [0.4, 0.5) is 11.4 Å². The summed E-state index contributed by atoms with van der Waals surface area (Å²) in [5.41, 5.74) is 2.35. The molecule has 0 amide bonds. The van der Waals surface area contributed by atoms with Crippen LogP contribution in [0.25, 0.3) is 10.4 Å². The van der Waals surface area contributed by atoms with E-state index in [1.165, 1.54) is 32.4 Å². The topological polar surface area (TPSA) is 161 Å². The lowest BCUT2D eigenvalue weighted by Crippen LogP contribution is -2.34. The fourth-order valence-corrected chi connectivity index (χ4v) is 4.85. The summed E-state index contributed by atoms with van der Waals surface area (Å²) < 4.78 is 21.6. The molecule has 1 N–H and O–H groups in total. The van der Waals surface area contributed by atoms with Gasteiger partial charge in [0.2, 0.25) is 5.75 Å². The molecule has 1 fully saturated rings. The third-order valence-corrected chi connectivity index (χ3v) is 7.04. The van der Waals surface area contributed by atoms with Gasteiger partial charge in [0.15, 0.2) is 5.75 Å². The third kappa shape index (κ3) is 6.53. The van der Waals surface area contributed by atoms with E-state index < -0.39 is 22.9 Å². The average Bonchev–Trinajstić information content (AvgIpc) is 3.50. The van der Waals surface area contributed by atoms with Gasteiger partial charge in [-0.15, -0.1) is 11.3 Å². The maximum atomic E-state index is 11.1. The average molecular weight is 558 g/mol. The van der Waals surface area contributed by atoms with Gasteiger partial charge < -0.3 is 23.9 Å². The smallest absolute Gasteiger partial charge is 0.490 e. The normalized spacial score (nSPS) is 16.3. The number of aromatic carboxylic acids is 1. The standard InChI is InChI=1S/C13H11NO5S.C12H16BNO5/c1-7-5-8(10-3-4-11(20-10)13(15)16)12(19-2)9(6-7)14(17)18;1-7-5-10(13-18-8(2)9(3)19-13)12(17-4)11(6-7)14(15)16/h3-6H,1-2H3,(H,15,16);5-6,8-9H,1-4H3. The fourth-order valence-electron chi connectivity index (χ4n) is 3.99. The van der Waals surface area contributed by atoms with Gasteiger partial charge >= 0.3 is 24.5 Å². The predicted molar refractivity (Wildman–Crippen MR) is 146 cm³/mol. The molecule has 12 nitrogen and oxygen atoms in total. The molecule has 14 heteroatoms. The van der Waals surface area contributed by atoms with E-state index in [1.807, 2.05) is 13.8 Å². The van der Waals surface area contributed by atoms with Crippen LogP contribution in [-0.2, 0) is 9.31 Å². The van der Waals surface area contributed by atoms with E-state index in [-0.39, 0.29) is 40.0 Å². The molecule has 206 valence electrons.